The highest BCUT2D eigenvalue weighted by atomic mass is 16.5. The molecule has 0 unspecified atom stereocenters. The molecule has 1 N–H and O–H groups in total. The number of piperidine rings is 1. The Labute approximate surface area is 174 Å². The lowest BCUT2D eigenvalue weighted by atomic mass is 10.1. The lowest BCUT2D eigenvalue weighted by Gasteiger charge is -2.26. The maximum atomic E-state index is 12.6. The summed E-state index contributed by atoms with van der Waals surface area (Å²) < 4.78 is 7.78. The van der Waals surface area contributed by atoms with Crippen molar-refractivity contribution in [3.8, 4) is 5.75 Å². The third-order valence-electron chi connectivity index (χ3n) is 5.88. The second-order valence-corrected chi connectivity index (χ2v) is 8.14. The summed E-state index contributed by atoms with van der Waals surface area (Å²) in [5.41, 5.74) is 4.11. The van der Waals surface area contributed by atoms with E-state index in [1.54, 1.807) is 0 Å². The lowest BCUT2D eigenvalue weighted by molar-refractivity contribution is -0.119. The number of carbonyl (C=O) groups excluding carboxylic acids is 1. The monoisotopic (exact) mass is 398 g/mol. The number of carbonyl (C=O) groups is 1. The molecule has 0 spiro atoms. The maximum Gasteiger partial charge on any atom is 0.229 e. The Hall–Kier alpha value is -2.34. The summed E-state index contributed by atoms with van der Waals surface area (Å²) >= 11 is 0. The molecule has 158 valence electrons. The molecule has 2 aromatic rings. The fourth-order valence-corrected chi connectivity index (χ4v) is 3.68. The number of likely N-dealkylation sites (tertiary alicyclic amines) is 1. The van der Waals surface area contributed by atoms with E-state index in [0.717, 1.165) is 29.4 Å². The van der Waals surface area contributed by atoms with E-state index >= 15 is 0 Å². The first-order valence-corrected chi connectivity index (χ1v) is 10.7. The molecule has 1 aliphatic heterocycles. The quantitative estimate of drug-likeness (QED) is 0.731. The molecular weight excluding hydrogens is 364 g/mol. The van der Waals surface area contributed by atoms with Crippen molar-refractivity contribution in [1.29, 1.82) is 0 Å². The minimum Gasteiger partial charge on any atom is -0.492 e. The maximum absolute atomic E-state index is 12.6. The largest absolute Gasteiger partial charge is 0.492 e. The molecule has 3 rings (SSSR count). The number of ether oxygens (including phenoxy) is 1. The lowest BCUT2D eigenvalue weighted by Crippen LogP contribution is -2.33. The van der Waals surface area contributed by atoms with Gasteiger partial charge in [0, 0.05) is 17.9 Å². The molecule has 1 atom stereocenters. The Balaban J connectivity index is 1.45. The highest BCUT2D eigenvalue weighted by Gasteiger charge is 2.17. The normalized spacial score (nSPS) is 15.9. The molecule has 2 heterocycles. The first kappa shape index (κ1) is 21.4. The Kier molecular flexibility index (Phi) is 7.31. The molecule has 0 bridgehead atoms. The molecule has 1 saturated heterocycles. The molecule has 6 nitrogen and oxygen atoms in total. The van der Waals surface area contributed by atoms with Crippen LogP contribution in [0.5, 0.6) is 5.75 Å². The zero-order chi connectivity index (χ0) is 20.8. The van der Waals surface area contributed by atoms with Crippen LogP contribution in [0.25, 0.3) is 0 Å². The summed E-state index contributed by atoms with van der Waals surface area (Å²) in [4.78, 5) is 15.0. The summed E-state index contributed by atoms with van der Waals surface area (Å²) in [5, 5.41) is 7.52. The van der Waals surface area contributed by atoms with Gasteiger partial charge in [0.05, 0.1) is 18.2 Å². The number of amides is 1. The van der Waals surface area contributed by atoms with Gasteiger partial charge in [-0.3, -0.25) is 14.4 Å². The first-order chi connectivity index (χ1) is 13.9. The summed E-state index contributed by atoms with van der Waals surface area (Å²) in [7, 11) is 0. The number of benzene rings is 1. The van der Waals surface area contributed by atoms with E-state index in [4.69, 9.17) is 4.74 Å². The van der Waals surface area contributed by atoms with E-state index in [-0.39, 0.29) is 11.8 Å². The van der Waals surface area contributed by atoms with E-state index in [0.29, 0.717) is 13.2 Å². The average Bonchev–Trinajstić information content (AvgIpc) is 2.96. The van der Waals surface area contributed by atoms with Crippen molar-refractivity contribution in [2.75, 3.05) is 31.6 Å². The second kappa shape index (κ2) is 9.92. The van der Waals surface area contributed by atoms with Gasteiger partial charge in [-0.25, -0.2) is 0 Å². The highest BCUT2D eigenvalue weighted by molar-refractivity contribution is 5.92. The number of hydrogen-bond donors (Lipinski definition) is 1. The van der Waals surface area contributed by atoms with Crippen LogP contribution >= 0.6 is 0 Å². The van der Waals surface area contributed by atoms with Crippen molar-refractivity contribution < 1.29 is 9.53 Å². The summed E-state index contributed by atoms with van der Waals surface area (Å²) in [6, 6.07) is 7.63. The molecule has 1 aliphatic rings. The Bertz CT molecular complexity index is 807. The number of nitrogens with zero attached hydrogens (tertiary/aromatic N) is 3. The van der Waals surface area contributed by atoms with Crippen LogP contribution in [0.4, 0.5) is 5.69 Å². The van der Waals surface area contributed by atoms with Crippen LogP contribution in [0, 0.1) is 26.7 Å². The van der Waals surface area contributed by atoms with Crippen LogP contribution < -0.4 is 10.1 Å². The zero-order valence-corrected chi connectivity index (χ0v) is 18.2. The molecule has 0 radical (unpaired) electrons. The molecule has 1 fully saturated rings. The van der Waals surface area contributed by atoms with Crippen LogP contribution in [0.1, 0.15) is 43.1 Å². The van der Waals surface area contributed by atoms with Gasteiger partial charge in [0.2, 0.25) is 5.91 Å². The van der Waals surface area contributed by atoms with Crippen molar-refractivity contribution in [3.05, 3.63) is 41.2 Å². The van der Waals surface area contributed by atoms with Gasteiger partial charge in [0.1, 0.15) is 12.4 Å². The Morgan fingerprint density at radius 2 is 1.83 bits per heavy atom. The van der Waals surface area contributed by atoms with Gasteiger partial charge in [0.15, 0.2) is 0 Å². The van der Waals surface area contributed by atoms with Crippen LogP contribution in [0.3, 0.4) is 0 Å². The standard InChI is InChI=1S/C23H34N4O2/c1-17(16-27-20(4)18(2)19(3)25-27)23(28)24-21-8-10-22(11-9-21)29-15-14-26-12-6-5-7-13-26/h8-11,17H,5-7,12-16H2,1-4H3,(H,24,28)/t17-/m1/s1. The predicted octanol–water partition coefficient (Wildman–Crippen LogP) is 3.95. The summed E-state index contributed by atoms with van der Waals surface area (Å²) in [6.07, 6.45) is 3.95. The van der Waals surface area contributed by atoms with Gasteiger partial charge < -0.3 is 10.1 Å². The van der Waals surface area contributed by atoms with Gasteiger partial charge in [-0.1, -0.05) is 13.3 Å². The molecule has 1 aromatic carbocycles. The number of aromatic nitrogens is 2. The number of hydrogen-bond acceptors (Lipinski definition) is 4. The van der Waals surface area contributed by atoms with Crippen molar-refractivity contribution >= 4 is 11.6 Å². The SMILES string of the molecule is Cc1nn(C[C@@H](C)C(=O)Nc2ccc(OCCN3CCCCC3)cc2)c(C)c1C. The molecule has 0 aliphatic carbocycles. The van der Waals surface area contributed by atoms with Crippen LogP contribution in [-0.2, 0) is 11.3 Å². The topological polar surface area (TPSA) is 59.4 Å². The highest BCUT2D eigenvalue weighted by Crippen LogP contribution is 2.18. The minimum absolute atomic E-state index is 0.00558. The van der Waals surface area contributed by atoms with E-state index < -0.39 is 0 Å². The van der Waals surface area contributed by atoms with Gasteiger partial charge >= 0.3 is 0 Å². The average molecular weight is 399 g/mol. The summed E-state index contributed by atoms with van der Waals surface area (Å²) in [5.74, 6) is 0.660. The van der Waals surface area contributed by atoms with Crippen LogP contribution in [-0.4, -0.2) is 46.8 Å². The van der Waals surface area contributed by atoms with Gasteiger partial charge in [0.25, 0.3) is 0 Å². The fourth-order valence-electron chi connectivity index (χ4n) is 3.68. The van der Waals surface area contributed by atoms with E-state index in [1.165, 1.54) is 37.9 Å². The smallest absolute Gasteiger partial charge is 0.229 e. The molecular formula is C23H34N4O2. The first-order valence-electron chi connectivity index (χ1n) is 10.7. The van der Waals surface area contributed by atoms with Crippen LogP contribution in [0.15, 0.2) is 24.3 Å². The van der Waals surface area contributed by atoms with Crippen molar-refractivity contribution in [2.45, 2.75) is 53.5 Å². The van der Waals surface area contributed by atoms with Gasteiger partial charge in [-0.05, 0) is 76.5 Å². The number of rotatable bonds is 8. The number of nitrogens with one attached hydrogen (secondary N) is 1. The molecule has 0 saturated carbocycles. The van der Waals surface area contributed by atoms with E-state index in [9.17, 15) is 4.79 Å². The molecule has 6 heteroatoms. The third-order valence-corrected chi connectivity index (χ3v) is 5.88. The number of anilines is 1. The van der Waals surface area contributed by atoms with Crippen LogP contribution in [0.2, 0.25) is 0 Å². The van der Waals surface area contributed by atoms with Crippen molar-refractivity contribution in [3.63, 3.8) is 0 Å². The number of aryl methyl sites for hydroxylation is 1. The van der Waals surface area contributed by atoms with Crippen molar-refractivity contribution in [1.82, 2.24) is 14.7 Å². The molecule has 1 aromatic heterocycles. The fraction of sp³-hybridized carbons (Fsp3) is 0.565. The third kappa shape index (κ3) is 5.82. The molecule has 29 heavy (non-hydrogen) atoms. The summed E-state index contributed by atoms with van der Waals surface area (Å²) in [6.45, 7) is 12.7. The van der Waals surface area contributed by atoms with Crippen molar-refractivity contribution in [2.24, 2.45) is 5.92 Å². The van der Waals surface area contributed by atoms with Gasteiger partial charge in [-0.2, -0.15) is 5.10 Å². The van der Waals surface area contributed by atoms with E-state index in [2.05, 4.69) is 22.2 Å². The zero-order valence-electron chi connectivity index (χ0n) is 18.2. The Morgan fingerprint density at radius 1 is 1.14 bits per heavy atom. The van der Waals surface area contributed by atoms with E-state index in [1.807, 2.05) is 49.7 Å². The Morgan fingerprint density at radius 3 is 2.45 bits per heavy atom. The van der Waals surface area contributed by atoms with Gasteiger partial charge in [-0.15, -0.1) is 0 Å². The second-order valence-electron chi connectivity index (χ2n) is 8.14. The minimum atomic E-state index is -0.173. The molecule has 1 amide bonds. The predicted molar refractivity (Wildman–Crippen MR) is 116 cm³/mol.